The zero-order valence-electron chi connectivity index (χ0n) is 28.6. The Kier molecular flexibility index (Phi) is 7.43. The number of rotatable bonds is 6. The Labute approximate surface area is 306 Å². The standard InChI is InChI=1S/C49H31N3O/c1-3-9-32(10-4-1)34-15-17-35(18-16-34)36-19-22-38(23-20-36)48-50-47(37-12-5-2-6-13-37)51-49(52-48)42-26-28-45-44(30-42)43-27-25-41(31-46(43)53-45)40-24-21-33-11-7-8-14-39(33)29-40/h1-31H. The maximum absolute atomic E-state index is 6.40. The molecule has 10 rings (SSSR count). The van der Waals surface area contributed by atoms with E-state index in [4.69, 9.17) is 19.4 Å². The van der Waals surface area contributed by atoms with Crippen molar-refractivity contribution in [3.8, 4) is 67.5 Å². The number of fused-ring (bicyclic) bond motifs is 4. The fraction of sp³-hybridized carbons (Fsp3) is 0. The molecule has 0 aliphatic heterocycles. The van der Waals surface area contributed by atoms with Gasteiger partial charge >= 0.3 is 0 Å². The fourth-order valence-corrected chi connectivity index (χ4v) is 7.11. The average Bonchev–Trinajstić information content (AvgIpc) is 3.61. The van der Waals surface area contributed by atoms with E-state index < -0.39 is 0 Å². The molecule has 4 nitrogen and oxygen atoms in total. The van der Waals surface area contributed by atoms with E-state index in [9.17, 15) is 0 Å². The molecular formula is C49H31N3O. The topological polar surface area (TPSA) is 51.8 Å². The SMILES string of the molecule is c1ccc(-c2ccc(-c3ccc(-c4nc(-c5ccccc5)nc(-c5ccc6oc7cc(-c8ccc9ccccc9c8)ccc7c6c5)n4)cc3)cc2)cc1. The van der Waals surface area contributed by atoms with E-state index >= 15 is 0 Å². The highest BCUT2D eigenvalue weighted by Gasteiger charge is 2.16. The zero-order valence-corrected chi connectivity index (χ0v) is 28.6. The summed E-state index contributed by atoms with van der Waals surface area (Å²) < 4.78 is 6.40. The molecule has 0 bridgehead atoms. The van der Waals surface area contributed by atoms with Crippen molar-refractivity contribution in [1.82, 2.24) is 15.0 Å². The van der Waals surface area contributed by atoms with Gasteiger partial charge in [-0.25, -0.2) is 15.0 Å². The van der Waals surface area contributed by atoms with Crippen LogP contribution >= 0.6 is 0 Å². The van der Waals surface area contributed by atoms with Gasteiger partial charge in [0.15, 0.2) is 17.5 Å². The highest BCUT2D eigenvalue weighted by Crippen LogP contribution is 2.36. The van der Waals surface area contributed by atoms with Crippen molar-refractivity contribution in [3.05, 3.63) is 188 Å². The summed E-state index contributed by atoms with van der Waals surface area (Å²) in [5, 5.41) is 4.52. The predicted molar refractivity (Wildman–Crippen MR) is 217 cm³/mol. The van der Waals surface area contributed by atoms with E-state index in [0.717, 1.165) is 60.9 Å². The molecule has 0 unspecified atom stereocenters. The molecule has 8 aromatic carbocycles. The highest BCUT2D eigenvalue weighted by atomic mass is 16.3. The van der Waals surface area contributed by atoms with Crippen molar-refractivity contribution in [2.24, 2.45) is 0 Å². The molecule has 0 spiro atoms. The van der Waals surface area contributed by atoms with Gasteiger partial charge in [-0.05, 0) is 80.6 Å². The number of furan rings is 1. The Morgan fingerprint density at radius 1 is 0.264 bits per heavy atom. The Morgan fingerprint density at radius 2 is 0.717 bits per heavy atom. The van der Waals surface area contributed by atoms with Crippen molar-refractivity contribution >= 4 is 32.7 Å². The van der Waals surface area contributed by atoms with Crippen molar-refractivity contribution in [3.63, 3.8) is 0 Å². The first kappa shape index (κ1) is 30.6. The van der Waals surface area contributed by atoms with Crippen LogP contribution in [0.2, 0.25) is 0 Å². The second kappa shape index (κ2) is 12.9. The summed E-state index contributed by atoms with van der Waals surface area (Å²) in [5.74, 6) is 1.86. The first-order valence-electron chi connectivity index (χ1n) is 17.8. The molecule has 0 atom stereocenters. The van der Waals surface area contributed by atoms with Crippen LogP contribution in [0, 0.1) is 0 Å². The lowest BCUT2D eigenvalue weighted by Gasteiger charge is -2.09. The van der Waals surface area contributed by atoms with Gasteiger partial charge in [-0.15, -0.1) is 0 Å². The average molecular weight is 678 g/mol. The van der Waals surface area contributed by atoms with Gasteiger partial charge in [0.25, 0.3) is 0 Å². The lowest BCUT2D eigenvalue weighted by Crippen LogP contribution is -2.00. The minimum atomic E-state index is 0.610. The summed E-state index contributed by atoms with van der Waals surface area (Å²) in [6.45, 7) is 0. The molecule has 53 heavy (non-hydrogen) atoms. The second-order valence-corrected chi connectivity index (χ2v) is 13.3. The Bertz CT molecular complexity index is 2910. The largest absolute Gasteiger partial charge is 0.456 e. The van der Waals surface area contributed by atoms with E-state index in [1.165, 1.54) is 21.9 Å². The van der Waals surface area contributed by atoms with Crippen molar-refractivity contribution in [2.75, 3.05) is 0 Å². The van der Waals surface area contributed by atoms with Crippen LogP contribution in [0.4, 0.5) is 0 Å². The zero-order chi connectivity index (χ0) is 35.1. The molecule has 0 radical (unpaired) electrons. The normalized spacial score (nSPS) is 11.4. The van der Waals surface area contributed by atoms with E-state index in [1.54, 1.807) is 0 Å². The molecule has 10 aromatic rings. The first-order valence-corrected chi connectivity index (χ1v) is 17.8. The first-order chi connectivity index (χ1) is 26.2. The molecular weight excluding hydrogens is 647 g/mol. The van der Waals surface area contributed by atoms with Gasteiger partial charge in [-0.2, -0.15) is 0 Å². The van der Waals surface area contributed by atoms with Gasteiger partial charge in [-0.3, -0.25) is 0 Å². The fourth-order valence-electron chi connectivity index (χ4n) is 7.11. The lowest BCUT2D eigenvalue weighted by molar-refractivity contribution is 0.669. The molecule has 0 aliphatic rings. The van der Waals surface area contributed by atoms with E-state index in [2.05, 4.69) is 140 Å². The molecule has 0 saturated heterocycles. The van der Waals surface area contributed by atoms with Crippen LogP contribution in [0.5, 0.6) is 0 Å². The van der Waals surface area contributed by atoms with E-state index in [1.807, 2.05) is 48.5 Å². The van der Waals surface area contributed by atoms with Crippen molar-refractivity contribution < 1.29 is 4.42 Å². The van der Waals surface area contributed by atoms with Crippen LogP contribution in [-0.4, -0.2) is 15.0 Å². The summed E-state index contributed by atoms with van der Waals surface area (Å²) in [7, 11) is 0. The Hall–Kier alpha value is -7.17. The molecule has 2 heterocycles. The Morgan fingerprint density at radius 3 is 1.38 bits per heavy atom. The van der Waals surface area contributed by atoms with Gasteiger partial charge in [0, 0.05) is 27.5 Å². The summed E-state index contributed by atoms with van der Waals surface area (Å²) in [6.07, 6.45) is 0. The molecule has 0 aliphatic carbocycles. The molecule has 4 heteroatoms. The van der Waals surface area contributed by atoms with Crippen LogP contribution in [0.25, 0.3) is 100 Å². The monoisotopic (exact) mass is 677 g/mol. The predicted octanol–water partition coefficient (Wildman–Crippen LogP) is 12.9. The third kappa shape index (κ3) is 5.82. The smallest absolute Gasteiger partial charge is 0.164 e. The molecule has 0 fully saturated rings. The third-order valence-corrected chi connectivity index (χ3v) is 9.95. The van der Waals surface area contributed by atoms with Gasteiger partial charge in [0.05, 0.1) is 0 Å². The van der Waals surface area contributed by atoms with Crippen LogP contribution < -0.4 is 0 Å². The third-order valence-electron chi connectivity index (χ3n) is 9.95. The van der Waals surface area contributed by atoms with Gasteiger partial charge in [-0.1, -0.05) is 152 Å². The molecule has 2 aromatic heterocycles. The van der Waals surface area contributed by atoms with Crippen LogP contribution in [0.1, 0.15) is 0 Å². The maximum Gasteiger partial charge on any atom is 0.164 e. The minimum Gasteiger partial charge on any atom is -0.456 e. The van der Waals surface area contributed by atoms with Crippen molar-refractivity contribution in [2.45, 2.75) is 0 Å². The Balaban J connectivity index is 1.01. The molecule has 0 amide bonds. The van der Waals surface area contributed by atoms with Gasteiger partial charge < -0.3 is 4.42 Å². The number of nitrogens with zero attached hydrogens (tertiary/aromatic N) is 3. The van der Waals surface area contributed by atoms with Crippen molar-refractivity contribution in [1.29, 1.82) is 0 Å². The quantitative estimate of drug-likeness (QED) is 0.176. The lowest BCUT2D eigenvalue weighted by atomic mass is 9.99. The number of benzene rings is 8. The second-order valence-electron chi connectivity index (χ2n) is 13.3. The van der Waals surface area contributed by atoms with Crippen LogP contribution in [0.15, 0.2) is 192 Å². The molecule has 0 N–H and O–H groups in total. The molecule has 0 saturated carbocycles. The summed E-state index contributed by atoms with van der Waals surface area (Å²) >= 11 is 0. The summed E-state index contributed by atoms with van der Waals surface area (Å²) in [4.78, 5) is 15.0. The van der Waals surface area contributed by atoms with Crippen LogP contribution in [0.3, 0.4) is 0 Å². The number of hydrogen-bond donors (Lipinski definition) is 0. The van der Waals surface area contributed by atoms with E-state index in [-0.39, 0.29) is 0 Å². The summed E-state index contributed by atoms with van der Waals surface area (Å²) in [6, 6.07) is 65.3. The minimum absolute atomic E-state index is 0.610. The molecule has 248 valence electrons. The summed E-state index contributed by atoms with van der Waals surface area (Å²) in [5.41, 5.74) is 11.4. The number of hydrogen-bond acceptors (Lipinski definition) is 4. The van der Waals surface area contributed by atoms with Gasteiger partial charge in [0.1, 0.15) is 11.2 Å². The van der Waals surface area contributed by atoms with Gasteiger partial charge in [0.2, 0.25) is 0 Å². The van der Waals surface area contributed by atoms with E-state index in [0.29, 0.717) is 17.5 Å². The maximum atomic E-state index is 6.40. The number of aromatic nitrogens is 3. The van der Waals surface area contributed by atoms with Crippen LogP contribution in [-0.2, 0) is 0 Å². The highest BCUT2D eigenvalue weighted by molar-refractivity contribution is 6.07.